The molecule has 0 radical (unpaired) electrons. The summed E-state index contributed by atoms with van der Waals surface area (Å²) in [4.78, 5) is 20.7. The Morgan fingerprint density at radius 2 is 2.00 bits per heavy atom. The molecule has 1 N–H and O–H groups in total. The van der Waals surface area contributed by atoms with Crippen molar-refractivity contribution in [3.8, 4) is 0 Å². The highest BCUT2D eigenvalue weighted by molar-refractivity contribution is 5.69. The van der Waals surface area contributed by atoms with Gasteiger partial charge in [-0.1, -0.05) is 6.92 Å². The Morgan fingerprint density at radius 1 is 1.33 bits per heavy atom. The molecule has 0 fully saturated rings. The quantitative estimate of drug-likeness (QED) is 0.485. The van der Waals surface area contributed by atoms with Crippen molar-refractivity contribution in [1.82, 2.24) is 0 Å². The predicted molar refractivity (Wildman–Crippen MR) is 42.7 cm³/mol. The Hall–Kier alpha value is -1.06. The van der Waals surface area contributed by atoms with Crippen molar-refractivity contribution in [3.63, 3.8) is 0 Å². The van der Waals surface area contributed by atoms with Crippen LogP contribution in [0.3, 0.4) is 0 Å². The maximum absolute atomic E-state index is 10.7. The molecule has 0 aliphatic carbocycles. The smallest absolute Gasteiger partial charge is 0.305 e. The van der Waals surface area contributed by atoms with Crippen LogP contribution in [0.25, 0.3) is 0 Å². The standard InChI is InChI=1S/C8H14O4/c1-2-4-8(11)12-6-3-5-7(9)10/h2-6H2,1H3,(H,9,10). The summed E-state index contributed by atoms with van der Waals surface area (Å²) in [7, 11) is 0. The number of carboxylic acids is 1. The van der Waals surface area contributed by atoms with Crippen molar-refractivity contribution in [2.45, 2.75) is 32.6 Å². The van der Waals surface area contributed by atoms with Crippen molar-refractivity contribution < 1.29 is 19.4 Å². The summed E-state index contributed by atoms with van der Waals surface area (Å²) in [5.74, 6) is -1.11. The Bertz CT molecular complexity index is 153. The van der Waals surface area contributed by atoms with Gasteiger partial charge in [0.2, 0.25) is 0 Å². The zero-order valence-corrected chi connectivity index (χ0v) is 7.21. The summed E-state index contributed by atoms with van der Waals surface area (Å²) < 4.78 is 4.73. The molecule has 70 valence electrons. The third-order valence-corrected chi connectivity index (χ3v) is 1.25. The molecule has 0 heterocycles. The first-order chi connectivity index (χ1) is 5.66. The fourth-order valence-electron chi connectivity index (χ4n) is 0.686. The lowest BCUT2D eigenvalue weighted by atomic mass is 10.3. The van der Waals surface area contributed by atoms with Gasteiger partial charge in [-0.25, -0.2) is 0 Å². The number of hydrogen-bond donors (Lipinski definition) is 1. The van der Waals surface area contributed by atoms with E-state index in [4.69, 9.17) is 9.84 Å². The molecule has 4 heteroatoms. The van der Waals surface area contributed by atoms with E-state index >= 15 is 0 Å². The van der Waals surface area contributed by atoms with Gasteiger partial charge < -0.3 is 9.84 Å². The predicted octanol–water partition coefficient (Wildman–Crippen LogP) is 1.19. The minimum atomic E-state index is -0.860. The molecule has 0 aromatic carbocycles. The minimum absolute atomic E-state index is 0.0550. The van der Waals surface area contributed by atoms with Gasteiger partial charge in [0.05, 0.1) is 6.61 Å². The number of hydrogen-bond acceptors (Lipinski definition) is 3. The van der Waals surface area contributed by atoms with Crippen LogP contribution in [0, 0.1) is 0 Å². The first-order valence-corrected chi connectivity index (χ1v) is 4.04. The SMILES string of the molecule is CCCC(=O)OCCCC(=O)O. The molecule has 12 heavy (non-hydrogen) atoms. The molecule has 0 bridgehead atoms. The van der Waals surface area contributed by atoms with Gasteiger partial charge in [0, 0.05) is 12.8 Å². The van der Waals surface area contributed by atoms with Gasteiger partial charge in [0.15, 0.2) is 0 Å². The number of rotatable bonds is 6. The summed E-state index contributed by atoms with van der Waals surface area (Å²) in [5.41, 5.74) is 0. The highest BCUT2D eigenvalue weighted by atomic mass is 16.5. The van der Waals surface area contributed by atoms with Crippen LogP contribution in [0.5, 0.6) is 0 Å². The molecule has 0 rings (SSSR count). The van der Waals surface area contributed by atoms with Crippen LogP contribution in [0.2, 0.25) is 0 Å². The van der Waals surface area contributed by atoms with Crippen molar-refractivity contribution in [2.24, 2.45) is 0 Å². The van der Waals surface area contributed by atoms with E-state index in [-0.39, 0.29) is 19.0 Å². The van der Waals surface area contributed by atoms with Crippen molar-refractivity contribution >= 4 is 11.9 Å². The molecule has 0 unspecified atom stereocenters. The summed E-state index contributed by atoms with van der Waals surface area (Å²) in [5, 5.41) is 8.24. The highest BCUT2D eigenvalue weighted by Gasteiger charge is 2.01. The van der Waals surface area contributed by atoms with Crippen molar-refractivity contribution in [1.29, 1.82) is 0 Å². The molecular weight excluding hydrogens is 160 g/mol. The van der Waals surface area contributed by atoms with E-state index in [9.17, 15) is 9.59 Å². The van der Waals surface area contributed by atoms with Gasteiger partial charge in [-0.15, -0.1) is 0 Å². The Morgan fingerprint density at radius 3 is 2.50 bits per heavy atom. The van der Waals surface area contributed by atoms with Crippen LogP contribution in [-0.4, -0.2) is 23.7 Å². The van der Waals surface area contributed by atoms with E-state index in [1.54, 1.807) is 0 Å². The van der Waals surface area contributed by atoms with Gasteiger partial charge >= 0.3 is 11.9 Å². The highest BCUT2D eigenvalue weighted by Crippen LogP contribution is 1.94. The minimum Gasteiger partial charge on any atom is -0.481 e. The number of ether oxygens (including phenoxy) is 1. The average molecular weight is 174 g/mol. The molecule has 0 atom stereocenters. The van der Waals surface area contributed by atoms with E-state index in [2.05, 4.69) is 0 Å². The van der Waals surface area contributed by atoms with Crippen LogP contribution in [0.1, 0.15) is 32.6 Å². The Balaban J connectivity index is 3.19. The molecule has 0 aromatic rings. The third kappa shape index (κ3) is 7.05. The average Bonchev–Trinajstić information content (AvgIpc) is 1.98. The summed E-state index contributed by atoms with van der Waals surface area (Å²) in [6.45, 7) is 2.10. The van der Waals surface area contributed by atoms with E-state index in [1.807, 2.05) is 6.92 Å². The van der Waals surface area contributed by atoms with E-state index in [1.165, 1.54) is 0 Å². The molecule has 0 spiro atoms. The van der Waals surface area contributed by atoms with Crippen LogP contribution in [-0.2, 0) is 14.3 Å². The van der Waals surface area contributed by atoms with Gasteiger partial charge in [-0.2, -0.15) is 0 Å². The second-order valence-corrected chi connectivity index (χ2v) is 2.47. The normalized spacial score (nSPS) is 9.42. The monoisotopic (exact) mass is 174 g/mol. The maximum atomic E-state index is 10.7. The third-order valence-electron chi connectivity index (χ3n) is 1.25. The number of aliphatic carboxylic acids is 1. The largest absolute Gasteiger partial charge is 0.481 e. The second-order valence-electron chi connectivity index (χ2n) is 2.47. The number of carbonyl (C=O) groups excluding carboxylic acids is 1. The van der Waals surface area contributed by atoms with E-state index in [0.29, 0.717) is 12.8 Å². The molecular formula is C8H14O4. The number of esters is 1. The fraction of sp³-hybridized carbons (Fsp3) is 0.750. The molecule has 0 aromatic heterocycles. The summed E-state index contributed by atoms with van der Waals surface area (Å²) in [6, 6.07) is 0. The van der Waals surface area contributed by atoms with Crippen molar-refractivity contribution in [2.75, 3.05) is 6.61 Å². The topological polar surface area (TPSA) is 63.6 Å². The Kier molecular flexibility index (Phi) is 6.05. The van der Waals surface area contributed by atoms with Crippen LogP contribution < -0.4 is 0 Å². The molecule has 0 aliphatic heterocycles. The second kappa shape index (κ2) is 6.64. The fourth-order valence-corrected chi connectivity index (χ4v) is 0.686. The molecule has 0 amide bonds. The van der Waals surface area contributed by atoms with Crippen LogP contribution in [0.15, 0.2) is 0 Å². The van der Waals surface area contributed by atoms with Gasteiger partial charge in [0.25, 0.3) is 0 Å². The maximum Gasteiger partial charge on any atom is 0.305 e. The summed E-state index contributed by atoms with van der Waals surface area (Å²) >= 11 is 0. The van der Waals surface area contributed by atoms with Gasteiger partial charge in [-0.3, -0.25) is 9.59 Å². The molecule has 0 aliphatic rings. The lowest BCUT2D eigenvalue weighted by Gasteiger charge is -2.01. The zero-order valence-electron chi connectivity index (χ0n) is 7.21. The first-order valence-electron chi connectivity index (χ1n) is 4.04. The summed E-state index contributed by atoms with van der Waals surface area (Å²) in [6.07, 6.45) is 1.62. The number of carboxylic acid groups (broad SMARTS) is 1. The van der Waals surface area contributed by atoms with Crippen LogP contribution in [0.4, 0.5) is 0 Å². The lowest BCUT2D eigenvalue weighted by molar-refractivity contribution is -0.145. The van der Waals surface area contributed by atoms with E-state index in [0.717, 1.165) is 6.42 Å². The van der Waals surface area contributed by atoms with Crippen LogP contribution >= 0.6 is 0 Å². The molecule has 4 nitrogen and oxygen atoms in total. The first kappa shape index (κ1) is 10.9. The molecule has 0 saturated carbocycles. The lowest BCUT2D eigenvalue weighted by Crippen LogP contribution is -2.06. The van der Waals surface area contributed by atoms with Crippen molar-refractivity contribution in [3.05, 3.63) is 0 Å². The Labute approximate surface area is 71.5 Å². The zero-order chi connectivity index (χ0) is 9.40. The number of carbonyl (C=O) groups is 2. The van der Waals surface area contributed by atoms with Gasteiger partial charge in [0.1, 0.15) is 0 Å². The van der Waals surface area contributed by atoms with Gasteiger partial charge in [-0.05, 0) is 12.8 Å². The van der Waals surface area contributed by atoms with E-state index < -0.39 is 5.97 Å². The molecule has 0 saturated heterocycles.